The van der Waals surface area contributed by atoms with Crippen LogP contribution >= 0.6 is 11.6 Å². The largest absolute Gasteiger partial charge is 0.359 e. The quantitative estimate of drug-likeness (QED) is 0.723. The molecular formula is C17H18ClN7. The topological polar surface area (TPSA) is 73.8 Å². The molecule has 2 aliphatic rings. The molecule has 8 heteroatoms. The monoisotopic (exact) mass is 355 g/mol. The third-order valence-corrected chi connectivity index (χ3v) is 5.67. The number of nitrogens with one attached hydrogen (secondary N) is 1. The Hall–Kier alpha value is -2.41. The standard InChI is InChI=1S/C17H18ClN7/c1-24(16-10-2-4-19-15(10)21-9-22-16)6-11-12-7-25(8-13(11)12)14-3-5-20-17(18)23-14/h2-5,9,11-13H,6-8H2,1H3,(H,19,21,22)/t11?,12-,13+. The average Bonchev–Trinajstić information content (AvgIpc) is 3.02. The van der Waals surface area contributed by atoms with Gasteiger partial charge in [0.15, 0.2) is 0 Å². The molecule has 1 N–H and O–H groups in total. The molecule has 3 aromatic rings. The highest BCUT2D eigenvalue weighted by Gasteiger charge is 2.56. The van der Waals surface area contributed by atoms with Crippen LogP contribution in [0.15, 0.2) is 30.9 Å². The van der Waals surface area contributed by atoms with Crippen molar-refractivity contribution in [1.82, 2.24) is 24.9 Å². The average molecular weight is 356 g/mol. The lowest BCUT2D eigenvalue weighted by Crippen LogP contribution is -2.29. The summed E-state index contributed by atoms with van der Waals surface area (Å²) in [6, 6.07) is 3.97. The van der Waals surface area contributed by atoms with Crippen molar-refractivity contribution >= 4 is 34.3 Å². The van der Waals surface area contributed by atoms with Gasteiger partial charge in [-0.3, -0.25) is 0 Å². The summed E-state index contributed by atoms with van der Waals surface area (Å²) in [7, 11) is 2.12. The second kappa shape index (κ2) is 5.56. The number of halogens is 1. The zero-order chi connectivity index (χ0) is 17.0. The van der Waals surface area contributed by atoms with E-state index < -0.39 is 0 Å². The van der Waals surface area contributed by atoms with Crippen molar-refractivity contribution in [3.05, 3.63) is 36.1 Å². The third-order valence-electron chi connectivity index (χ3n) is 5.49. The molecule has 1 saturated heterocycles. The third kappa shape index (κ3) is 2.50. The van der Waals surface area contributed by atoms with Gasteiger partial charge in [0.25, 0.3) is 0 Å². The van der Waals surface area contributed by atoms with Crippen LogP contribution < -0.4 is 9.80 Å². The number of aromatic nitrogens is 5. The van der Waals surface area contributed by atoms with Gasteiger partial charge in [-0.25, -0.2) is 19.9 Å². The van der Waals surface area contributed by atoms with Crippen LogP contribution in [0.25, 0.3) is 11.0 Å². The van der Waals surface area contributed by atoms with Crippen LogP contribution in [0.5, 0.6) is 0 Å². The molecule has 3 aromatic heterocycles. The molecule has 0 bridgehead atoms. The molecule has 2 fully saturated rings. The highest BCUT2D eigenvalue weighted by molar-refractivity contribution is 6.28. The Morgan fingerprint density at radius 1 is 1.24 bits per heavy atom. The SMILES string of the molecule is CN(CC1[C@H]2CN(c3ccnc(Cl)n3)C[C@@H]12)c1ncnc2[nH]ccc12. The summed E-state index contributed by atoms with van der Waals surface area (Å²) in [4.78, 5) is 24.7. The normalized spacial score (nSPS) is 24.6. The molecule has 7 nitrogen and oxygen atoms in total. The Morgan fingerprint density at radius 3 is 2.88 bits per heavy atom. The van der Waals surface area contributed by atoms with Crippen LogP contribution in [0.4, 0.5) is 11.6 Å². The number of nitrogens with zero attached hydrogens (tertiary/aromatic N) is 6. The van der Waals surface area contributed by atoms with Crippen molar-refractivity contribution in [2.45, 2.75) is 0 Å². The highest BCUT2D eigenvalue weighted by atomic mass is 35.5. The van der Waals surface area contributed by atoms with Crippen LogP contribution in [0.2, 0.25) is 5.28 Å². The van der Waals surface area contributed by atoms with Crippen LogP contribution in [0.3, 0.4) is 0 Å². The van der Waals surface area contributed by atoms with E-state index in [0.717, 1.165) is 54.1 Å². The van der Waals surface area contributed by atoms with E-state index in [1.54, 1.807) is 12.5 Å². The van der Waals surface area contributed by atoms with E-state index in [0.29, 0.717) is 11.2 Å². The number of H-pyrrole nitrogens is 1. The van der Waals surface area contributed by atoms with Gasteiger partial charge in [0.2, 0.25) is 5.28 Å². The van der Waals surface area contributed by atoms with Crippen LogP contribution in [-0.2, 0) is 0 Å². The predicted octanol–water partition coefficient (Wildman–Crippen LogP) is 2.22. The predicted molar refractivity (Wildman–Crippen MR) is 96.9 cm³/mol. The van der Waals surface area contributed by atoms with E-state index in [1.165, 1.54) is 0 Å². The van der Waals surface area contributed by atoms with Crippen molar-refractivity contribution in [3.8, 4) is 0 Å². The second-order valence-corrected chi connectivity index (χ2v) is 7.24. The Balaban J connectivity index is 1.26. The van der Waals surface area contributed by atoms with E-state index in [9.17, 15) is 0 Å². The fourth-order valence-corrected chi connectivity index (χ4v) is 4.32. The summed E-state index contributed by atoms with van der Waals surface area (Å²) in [5.74, 6) is 4.09. The minimum Gasteiger partial charge on any atom is -0.359 e. The van der Waals surface area contributed by atoms with Gasteiger partial charge in [0, 0.05) is 39.1 Å². The van der Waals surface area contributed by atoms with Crippen molar-refractivity contribution in [2.24, 2.45) is 17.8 Å². The summed E-state index contributed by atoms with van der Waals surface area (Å²) >= 11 is 5.90. The van der Waals surface area contributed by atoms with Crippen LogP contribution in [-0.4, -0.2) is 51.6 Å². The summed E-state index contributed by atoms with van der Waals surface area (Å²) < 4.78 is 0. The van der Waals surface area contributed by atoms with Crippen molar-refractivity contribution in [1.29, 1.82) is 0 Å². The first-order valence-electron chi connectivity index (χ1n) is 8.43. The lowest BCUT2D eigenvalue weighted by atomic mass is 10.2. The maximum absolute atomic E-state index is 5.90. The maximum Gasteiger partial charge on any atom is 0.224 e. The first-order chi connectivity index (χ1) is 12.2. The van der Waals surface area contributed by atoms with E-state index in [-0.39, 0.29) is 0 Å². The zero-order valence-corrected chi connectivity index (χ0v) is 14.6. The van der Waals surface area contributed by atoms with Gasteiger partial charge in [-0.1, -0.05) is 0 Å². The van der Waals surface area contributed by atoms with Crippen molar-refractivity contribution < 1.29 is 0 Å². The molecule has 0 aromatic carbocycles. The molecule has 5 rings (SSSR count). The molecule has 1 unspecified atom stereocenters. The lowest BCUT2D eigenvalue weighted by molar-refractivity contribution is 0.625. The molecule has 0 amide bonds. The van der Waals surface area contributed by atoms with Crippen LogP contribution in [0.1, 0.15) is 0 Å². The number of fused-ring (bicyclic) bond motifs is 2. The van der Waals surface area contributed by atoms with Gasteiger partial charge in [0.1, 0.15) is 23.6 Å². The minimum atomic E-state index is 0.314. The molecule has 1 saturated carbocycles. The first kappa shape index (κ1) is 14.9. The smallest absolute Gasteiger partial charge is 0.224 e. The number of aromatic amines is 1. The van der Waals surface area contributed by atoms with Crippen LogP contribution in [0, 0.1) is 17.8 Å². The molecule has 1 aliphatic heterocycles. The van der Waals surface area contributed by atoms with Gasteiger partial charge < -0.3 is 14.8 Å². The maximum atomic E-state index is 5.90. The molecule has 25 heavy (non-hydrogen) atoms. The Kier molecular flexibility index (Phi) is 3.31. The summed E-state index contributed by atoms with van der Waals surface area (Å²) in [6.45, 7) is 3.10. The van der Waals surface area contributed by atoms with Crippen molar-refractivity contribution in [3.63, 3.8) is 0 Å². The van der Waals surface area contributed by atoms with Crippen molar-refractivity contribution in [2.75, 3.05) is 36.5 Å². The van der Waals surface area contributed by atoms with Gasteiger partial charge >= 0.3 is 0 Å². The number of hydrogen-bond acceptors (Lipinski definition) is 6. The fraction of sp³-hybridized carbons (Fsp3) is 0.412. The second-order valence-electron chi connectivity index (χ2n) is 6.90. The van der Waals surface area contributed by atoms with E-state index in [4.69, 9.17) is 11.6 Å². The number of piperidine rings is 1. The lowest BCUT2D eigenvalue weighted by Gasteiger charge is -2.23. The first-order valence-corrected chi connectivity index (χ1v) is 8.81. The van der Waals surface area contributed by atoms with E-state index in [1.807, 2.05) is 18.3 Å². The van der Waals surface area contributed by atoms with Gasteiger partial charge in [-0.05, 0) is 41.5 Å². The Labute approximate surface area is 150 Å². The molecule has 0 radical (unpaired) electrons. The Bertz CT molecular complexity index is 914. The van der Waals surface area contributed by atoms with Gasteiger partial charge in [-0.15, -0.1) is 0 Å². The molecule has 0 spiro atoms. The number of anilines is 2. The molecule has 1 aliphatic carbocycles. The van der Waals surface area contributed by atoms with Gasteiger partial charge in [-0.2, -0.15) is 0 Å². The number of rotatable bonds is 4. The summed E-state index contributed by atoms with van der Waals surface area (Å²) in [6.07, 6.45) is 5.25. The fourth-order valence-electron chi connectivity index (χ4n) is 4.18. The molecule has 128 valence electrons. The highest BCUT2D eigenvalue weighted by Crippen LogP contribution is 2.52. The van der Waals surface area contributed by atoms with Gasteiger partial charge in [0.05, 0.1) is 5.39 Å². The summed E-state index contributed by atoms with van der Waals surface area (Å²) in [5.41, 5.74) is 0.889. The van der Waals surface area contributed by atoms with E-state index >= 15 is 0 Å². The van der Waals surface area contributed by atoms with E-state index in [2.05, 4.69) is 41.8 Å². The minimum absolute atomic E-state index is 0.314. The molecule has 3 atom stereocenters. The zero-order valence-electron chi connectivity index (χ0n) is 13.8. The Morgan fingerprint density at radius 2 is 2.08 bits per heavy atom. The molecule has 4 heterocycles. The summed E-state index contributed by atoms with van der Waals surface area (Å²) in [5, 5.41) is 1.39. The molecular weight excluding hydrogens is 338 g/mol. The number of hydrogen-bond donors (Lipinski definition) is 1.